The van der Waals surface area contributed by atoms with Gasteiger partial charge in [0.25, 0.3) is 15.7 Å². The van der Waals surface area contributed by atoms with Gasteiger partial charge in [-0.25, -0.2) is 12.8 Å². The van der Waals surface area contributed by atoms with Crippen LogP contribution in [0.4, 0.5) is 21.6 Å². The van der Waals surface area contributed by atoms with Crippen molar-refractivity contribution in [3.8, 4) is 0 Å². The molecule has 9 nitrogen and oxygen atoms in total. The fourth-order valence-electron chi connectivity index (χ4n) is 1.44. The molecule has 0 aliphatic heterocycles. The normalized spacial score (nSPS) is 11.2. The Bertz CT molecular complexity index is 736. The first-order valence-electron chi connectivity index (χ1n) is 4.98. The minimum absolute atomic E-state index is 0.179. The van der Waals surface area contributed by atoms with Gasteiger partial charge in [-0.1, -0.05) is 5.16 Å². The Balaban J connectivity index is 2.49. The summed E-state index contributed by atoms with van der Waals surface area (Å²) in [6, 6.07) is 2.41. The van der Waals surface area contributed by atoms with E-state index in [2.05, 4.69) is 9.68 Å². The van der Waals surface area contributed by atoms with Crippen molar-refractivity contribution in [1.82, 2.24) is 5.16 Å². The topological polar surface area (TPSA) is 141 Å². The second-order valence-corrected chi connectivity index (χ2v) is 5.21. The molecule has 0 fully saturated rings. The predicted molar refractivity (Wildman–Crippen MR) is 64.8 cm³/mol. The van der Waals surface area contributed by atoms with Gasteiger partial charge >= 0.3 is 0 Å². The number of nitrogen functional groups attached to an aromatic ring is 1. The van der Waals surface area contributed by atoms with Crippen LogP contribution in [0.3, 0.4) is 0 Å². The number of benzene rings is 1. The first-order chi connectivity index (χ1) is 9.31. The van der Waals surface area contributed by atoms with Crippen LogP contribution in [0, 0.1) is 15.9 Å². The van der Waals surface area contributed by atoms with E-state index in [1.54, 1.807) is 0 Å². The van der Waals surface area contributed by atoms with Gasteiger partial charge in [0.1, 0.15) is 11.2 Å². The lowest BCUT2D eigenvalue weighted by Gasteiger charge is -2.08. The number of aromatic nitrogens is 1. The average molecular weight is 302 g/mol. The van der Waals surface area contributed by atoms with Gasteiger partial charge in [-0.05, 0) is 0 Å². The molecule has 1 aromatic carbocycles. The summed E-state index contributed by atoms with van der Waals surface area (Å²) in [7, 11) is -4.38. The van der Waals surface area contributed by atoms with Crippen molar-refractivity contribution in [2.45, 2.75) is 4.90 Å². The fourth-order valence-corrected chi connectivity index (χ4v) is 2.61. The quantitative estimate of drug-likeness (QED) is 0.489. The maximum Gasteiger partial charge on any atom is 0.274 e. The highest BCUT2D eigenvalue weighted by atomic mass is 32.2. The summed E-state index contributed by atoms with van der Waals surface area (Å²) in [6.45, 7) is 0. The maximum absolute atomic E-state index is 13.7. The van der Waals surface area contributed by atoms with E-state index in [4.69, 9.17) is 5.73 Å². The molecule has 2 rings (SSSR count). The summed E-state index contributed by atoms with van der Waals surface area (Å²) < 4.78 is 44.0. The molecule has 0 saturated carbocycles. The number of rotatable bonds is 4. The Morgan fingerprint density at radius 2 is 2.15 bits per heavy atom. The van der Waals surface area contributed by atoms with E-state index in [1.807, 2.05) is 4.72 Å². The molecule has 1 heterocycles. The number of nitrogens with one attached hydrogen (secondary N) is 1. The van der Waals surface area contributed by atoms with Gasteiger partial charge in [0.05, 0.1) is 16.7 Å². The predicted octanol–water partition coefficient (Wildman–Crippen LogP) is 1.10. The van der Waals surface area contributed by atoms with Crippen molar-refractivity contribution in [2.24, 2.45) is 0 Å². The van der Waals surface area contributed by atoms with E-state index in [0.29, 0.717) is 6.07 Å². The summed E-state index contributed by atoms with van der Waals surface area (Å²) in [4.78, 5) is 8.73. The van der Waals surface area contributed by atoms with Gasteiger partial charge < -0.3 is 10.3 Å². The van der Waals surface area contributed by atoms with Crippen molar-refractivity contribution in [3.63, 3.8) is 0 Å². The minimum Gasteiger partial charge on any atom is -0.397 e. The van der Waals surface area contributed by atoms with E-state index < -0.39 is 37.0 Å². The van der Waals surface area contributed by atoms with Gasteiger partial charge in [-0.3, -0.25) is 14.8 Å². The molecule has 1 aromatic heterocycles. The molecule has 11 heteroatoms. The van der Waals surface area contributed by atoms with Gasteiger partial charge in [-0.15, -0.1) is 0 Å². The van der Waals surface area contributed by atoms with Crippen molar-refractivity contribution in [3.05, 3.63) is 40.4 Å². The molecule has 0 unspecified atom stereocenters. The van der Waals surface area contributed by atoms with Gasteiger partial charge in [0.15, 0.2) is 11.6 Å². The maximum atomic E-state index is 13.7. The summed E-state index contributed by atoms with van der Waals surface area (Å²) in [5, 5.41) is 13.8. The third kappa shape index (κ3) is 2.51. The largest absolute Gasteiger partial charge is 0.397 e. The van der Waals surface area contributed by atoms with Crippen molar-refractivity contribution in [2.75, 3.05) is 10.5 Å². The number of nitro groups is 1. The molecule has 0 bridgehead atoms. The van der Waals surface area contributed by atoms with Crippen LogP contribution < -0.4 is 10.5 Å². The van der Waals surface area contributed by atoms with Gasteiger partial charge in [0.2, 0.25) is 0 Å². The first kappa shape index (κ1) is 13.7. The number of hydrogen-bond donors (Lipinski definition) is 2. The Kier molecular flexibility index (Phi) is 3.28. The van der Waals surface area contributed by atoms with E-state index in [9.17, 15) is 22.9 Å². The molecule has 20 heavy (non-hydrogen) atoms. The number of nitrogens with zero attached hydrogens (tertiary/aromatic N) is 2. The zero-order chi connectivity index (χ0) is 14.9. The highest BCUT2D eigenvalue weighted by Crippen LogP contribution is 2.28. The molecule has 106 valence electrons. The molecule has 0 saturated heterocycles. The second-order valence-electron chi connectivity index (χ2n) is 3.59. The Morgan fingerprint density at radius 1 is 1.45 bits per heavy atom. The number of hydrogen-bond acceptors (Lipinski definition) is 7. The summed E-state index contributed by atoms with van der Waals surface area (Å²) in [5.41, 5.74) is 4.13. The molecule has 2 aromatic rings. The second kappa shape index (κ2) is 4.77. The van der Waals surface area contributed by atoms with Crippen LogP contribution in [0.15, 0.2) is 33.9 Å². The molecular weight excluding hydrogens is 295 g/mol. The Hall–Kier alpha value is -2.69. The third-order valence-corrected chi connectivity index (χ3v) is 3.66. The molecular formula is C9H7FN4O5S. The Morgan fingerprint density at radius 3 is 2.65 bits per heavy atom. The van der Waals surface area contributed by atoms with Gasteiger partial charge in [0, 0.05) is 12.1 Å². The number of nitro benzene ring substituents is 1. The summed E-state index contributed by atoms with van der Waals surface area (Å²) in [5.74, 6) is -1.52. The standard InChI is InChI=1S/C9H7FN4O5S/c10-6-3-5(14(15)16)4-7(11)9(6)20(17,18)13-8-1-2-19-12-8/h1-4H,11H2,(H,12,13). The van der Waals surface area contributed by atoms with E-state index in [0.717, 1.165) is 12.3 Å². The molecule has 3 N–H and O–H groups in total. The average Bonchev–Trinajstić information content (AvgIpc) is 2.79. The summed E-state index contributed by atoms with van der Waals surface area (Å²) >= 11 is 0. The molecule has 0 radical (unpaired) electrons. The lowest BCUT2D eigenvalue weighted by Crippen LogP contribution is -2.17. The number of halogens is 1. The minimum atomic E-state index is -4.38. The Labute approximate surface area is 111 Å². The van der Waals surface area contributed by atoms with Gasteiger partial charge in [-0.2, -0.15) is 0 Å². The zero-order valence-electron chi connectivity index (χ0n) is 9.61. The lowest BCUT2D eigenvalue weighted by molar-refractivity contribution is -0.385. The summed E-state index contributed by atoms with van der Waals surface area (Å²) in [6.07, 6.45) is 1.10. The number of anilines is 2. The van der Waals surface area contributed by atoms with Crippen LogP contribution >= 0.6 is 0 Å². The molecule has 0 aliphatic carbocycles. The molecule has 0 spiro atoms. The first-order valence-corrected chi connectivity index (χ1v) is 6.46. The van der Waals surface area contributed by atoms with Crippen LogP contribution in [-0.4, -0.2) is 18.5 Å². The number of non-ortho nitro benzene ring substituents is 1. The third-order valence-electron chi connectivity index (χ3n) is 2.21. The van der Waals surface area contributed by atoms with Crippen molar-refractivity contribution >= 4 is 27.2 Å². The lowest BCUT2D eigenvalue weighted by atomic mass is 10.3. The molecule has 0 amide bonds. The number of sulfonamides is 1. The van der Waals surface area contributed by atoms with Crippen molar-refractivity contribution < 1.29 is 22.3 Å². The van der Waals surface area contributed by atoms with Crippen LogP contribution in [0.2, 0.25) is 0 Å². The smallest absolute Gasteiger partial charge is 0.274 e. The van der Waals surface area contributed by atoms with E-state index >= 15 is 0 Å². The van der Waals surface area contributed by atoms with Crippen LogP contribution in [0.25, 0.3) is 0 Å². The molecule has 0 aliphatic rings. The monoisotopic (exact) mass is 302 g/mol. The SMILES string of the molecule is Nc1cc([N+](=O)[O-])cc(F)c1S(=O)(=O)Nc1ccon1. The highest BCUT2D eigenvalue weighted by Gasteiger charge is 2.26. The molecule has 0 atom stereocenters. The van der Waals surface area contributed by atoms with E-state index in [-0.39, 0.29) is 5.82 Å². The van der Waals surface area contributed by atoms with Crippen LogP contribution in [0.1, 0.15) is 0 Å². The zero-order valence-corrected chi connectivity index (χ0v) is 10.4. The number of nitrogens with two attached hydrogens (primary N) is 1. The van der Waals surface area contributed by atoms with Crippen LogP contribution in [-0.2, 0) is 10.0 Å². The van der Waals surface area contributed by atoms with Crippen LogP contribution in [0.5, 0.6) is 0 Å². The van der Waals surface area contributed by atoms with Crippen molar-refractivity contribution in [1.29, 1.82) is 0 Å². The van der Waals surface area contributed by atoms with E-state index in [1.165, 1.54) is 6.07 Å². The highest BCUT2D eigenvalue weighted by molar-refractivity contribution is 7.92. The fraction of sp³-hybridized carbons (Fsp3) is 0.